The van der Waals surface area contributed by atoms with Gasteiger partial charge in [0.05, 0.1) is 4.92 Å². The number of nitro groups is 1. The number of rotatable bonds is 2. The molecule has 6 nitrogen and oxygen atoms in total. The second kappa shape index (κ2) is 4.22. The highest BCUT2D eigenvalue weighted by Gasteiger charge is 2.07. The number of hydrogen-bond acceptors (Lipinski definition) is 5. The monoisotopic (exact) mass is 196 g/mol. The molecule has 1 aromatic carbocycles. The van der Waals surface area contributed by atoms with Crippen LogP contribution in [-0.2, 0) is 4.74 Å². The maximum absolute atomic E-state index is 10.6. The molecule has 1 radical (unpaired) electrons. The van der Waals surface area contributed by atoms with Crippen LogP contribution in [0.1, 0.15) is 0 Å². The van der Waals surface area contributed by atoms with Crippen molar-refractivity contribution in [1.29, 1.82) is 0 Å². The largest absolute Gasteiger partial charge is 0.513 e. The zero-order valence-electron chi connectivity index (χ0n) is 7.00. The number of nitro benzene ring substituents is 1. The maximum atomic E-state index is 10.6. The maximum Gasteiger partial charge on any atom is 0.513 e. The Morgan fingerprint density at radius 3 is 2.36 bits per heavy atom. The van der Waals surface area contributed by atoms with Crippen molar-refractivity contribution in [2.24, 2.45) is 0 Å². The van der Waals surface area contributed by atoms with Crippen LogP contribution in [0, 0.1) is 17.2 Å². The van der Waals surface area contributed by atoms with Crippen LogP contribution in [0.5, 0.6) is 5.75 Å². The van der Waals surface area contributed by atoms with Crippen molar-refractivity contribution in [2.45, 2.75) is 0 Å². The Balaban J connectivity index is 2.73. The number of benzene rings is 1. The molecule has 0 unspecified atom stereocenters. The van der Waals surface area contributed by atoms with E-state index in [0.717, 1.165) is 0 Å². The fourth-order valence-corrected chi connectivity index (χ4v) is 0.762. The smallest absolute Gasteiger partial charge is 0.430 e. The van der Waals surface area contributed by atoms with Crippen LogP contribution in [0.3, 0.4) is 0 Å². The molecule has 0 saturated carbocycles. The average Bonchev–Trinajstić information content (AvgIpc) is 2.18. The third-order valence-electron chi connectivity index (χ3n) is 1.37. The summed E-state index contributed by atoms with van der Waals surface area (Å²) < 4.78 is 8.54. The molecule has 73 valence electrons. The van der Waals surface area contributed by atoms with Gasteiger partial charge in [-0.2, -0.15) is 0 Å². The van der Waals surface area contributed by atoms with Crippen molar-refractivity contribution >= 4 is 11.8 Å². The van der Waals surface area contributed by atoms with Gasteiger partial charge in [0.25, 0.3) is 5.69 Å². The lowest BCUT2D eigenvalue weighted by atomic mass is 10.3. The van der Waals surface area contributed by atoms with Gasteiger partial charge in [-0.1, -0.05) is 0 Å². The highest BCUT2D eigenvalue weighted by atomic mass is 16.7. The summed E-state index contributed by atoms with van der Waals surface area (Å²) in [5.41, 5.74) is -0.0830. The summed E-state index contributed by atoms with van der Waals surface area (Å²) in [7, 11) is 2.84. The summed E-state index contributed by atoms with van der Waals surface area (Å²) in [4.78, 5) is 20.3. The third-order valence-corrected chi connectivity index (χ3v) is 1.37. The second-order valence-corrected chi connectivity index (χ2v) is 2.25. The normalized spacial score (nSPS) is 9.21. The van der Waals surface area contributed by atoms with Crippen molar-refractivity contribution in [1.82, 2.24) is 0 Å². The van der Waals surface area contributed by atoms with Crippen LogP contribution in [-0.4, -0.2) is 11.1 Å². The first kappa shape index (κ1) is 9.97. The van der Waals surface area contributed by atoms with Gasteiger partial charge in [-0.05, 0) is 12.1 Å². The van der Waals surface area contributed by atoms with Crippen LogP contribution in [0.25, 0.3) is 0 Å². The van der Waals surface area contributed by atoms with E-state index < -0.39 is 11.1 Å². The van der Waals surface area contributed by atoms with E-state index in [2.05, 4.69) is 16.6 Å². The van der Waals surface area contributed by atoms with Gasteiger partial charge in [0.15, 0.2) is 0 Å². The molecule has 0 aliphatic heterocycles. The Labute approximate surface area is 79.2 Å². The standard InChI is InChI=1S/C8H6NO5/c1-13-8(10)14-7-4-2-6(3-5-7)9(11)12/h2-5H,1H2. The highest BCUT2D eigenvalue weighted by molar-refractivity contribution is 5.64. The minimum Gasteiger partial charge on any atom is -0.430 e. The molecule has 0 spiro atoms. The first-order chi connectivity index (χ1) is 6.63. The fraction of sp³-hybridized carbons (Fsp3) is 0. The summed E-state index contributed by atoms with van der Waals surface area (Å²) in [6.07, 6.45) is -0.973. The van der Waals surface area contributed by atoms with E-state index >= 15 is 0 Å². The quantitative estimate of drug-likeness (QED) is 0.312. The Morgan fingerprint density at radius 1 is 1.36 bits per heavy atom. The number of non-ortho nitro benzene ring substituents is 1. The average molecular weight is 196 g/mol. The molecule has 14 heavy (non-hydrogen) atoms. The predicted molar refractivity (Wildman–Crippen MR) is 45.6 cm³/mol. The molecule has 0 saturated heterocycles. The van der Waals surface area contributed by atoms with Crippen molar-refractivity contribution < 1.29 is 19.2 Å². The molecular formula is C8H6NO5. The molecule has 6 heteroatoms. The molecule has 0 heterocycles. The predicted octanol–water partition coefficient (Wildman–Crippen LogP) is 1.90. The van der Waals surface area contributed by atoms with Gasteiger partial charge in [-0.15, -0.1) is 0 Å². The summed E-state index contributed by atoms with van der Waals surface area (Å²) in [6.45, 7) is 0. The third kappa shape index (κ3) is 2.44. The first-order valence-electron chi connectivity index (χ1n) is 3.52. The Morgan fingerprint density at radius 2 is 1.93 bits per heavy atom. The topological polar surface area (TPSA) is 78.7 Å². The van der Waals surface area contributed by atoms with Gasteiger partial charge < -0.3 is 9.47 Å². The molecule has 0 aromatic heterocycles. The van der Waals surface area contributed by atoms with Gasteiger partial charge in [-0.25, -0.2) is 4.79 Å². The molecule has 1 aromatic rings. The first-order valence-corrected chi connectivity index (χ1v) is 3.52. The molecular weight excluding hydrogens is 190 g/mol. The van der Waals surface area contributed by atoms with Crippen LogP contribution in [0.2, 0.25) is 0 Å². The molecule has 0 N–H and O–H groups in total. The molecule has 0 amide bonds. The zero-order valence-corrected chi connectivity index (χ0v) is 7.00. The van der Waals surface area contributed by atoms with Gasteiger partial charge in [0, 0.05) is 12.1 Å². The van der Waals surface area contributed by atoms with Gasteiger partial charge in [0.2, 0.25) is 0 Å². The number of carbonyl (C=O) groups is 1. The van der Waals surface area contributed by atoms with Gasteiger partial charge >= 0.3 is 6.16 Å². The minimum atomic E-state index is -0.973. The summed E-state index contributed by atoms with van der Waals surface area (Å²) in [5, 5.41) is 10.3. The molecule has 1 rings (SSSR count). The number of ether oxygens (including phenoxy) is 2. The van der Waals surface area contributed by atoms with Crippen molar-refractivity contribution in [2.75, 3.05) is 0 Å². The van der Waals surface area contributed by atoms with Crippen LogP contribution in [0.15, 0.2) is 24.3 Å². The second-order valence-electron chi connectivity index (χ2n) is 2.25. The Bertz CT molecular complexity index is 345. The highest BCUT2D eigenvalue weighted by Crippen LogP contribution is 2.17. The lowest BCUT2D eigenvalue weighted by molar-refractivity contribution is -0.384. The van der Waals surface area contributed by atoms with Crippen molar-refractivity contribution in [3.05, 3.63) is 41.5 Å². The van der Waals surface area contributed by atoms with Crippen LogP contribution >= 0.6 is 0 Å². The summed E-state index contributed by atoms with van der Waals surface area (Å²) >= 11 is 0. The van der Waals surface area contributed by atoms with E-state index in [1.54, 1.807) is 0 Å². The Hall–Kier alpha value is -2.11. The van der Waals surface area contributed by atoms with Crippen molar-refractivity contribution in [3.8, 4) is 5.75 Å². The summed E-state index contributed by atoms with van der Waals surface area (Å²) in [5.74, 6) is 0.157. The lowest BCUT2D eigenvalue weighted by Crippen LogP contribution is -2.05. The van der Waals surface area contributed by atoms with E-state index in [1.807, 2.05) is 0 Å². The van der Waals surface area contributed by atoms with E-state index in [-0.39, 0.29) is 11.4 Å². The summed E-state index contributed by atoms with van der Waals surface area (Å²) in [6, 6.07) is 5.00. The number of nitrogens with zero attached hydrogens (tertiary/aromatic N) is 1. The SMILES string of the molecule is [CH2]OC(=O)Oc1ccc([N+](=O)[O-])cc1. The number of hydrogen-bond donors (Lipinski definition) is 0. The van der Waals surface area contributed by atoms with Crippen LogP contribution in [0.4, 0.5) is 10.5 Å². The number of carbonyl (C=O) groups excluding carboxylic acids is 1. The van der Waals surface area contributed by atoms with Gasteiger partial charge in [0.1, 0.15) is 12.9 Å². The lowest BCUT2D eigenvalue weighted by Gasteiger charge is -2.00. The van der Waals surface area contributed by atoms with E-state index in [4.69, 9.17) is 0 Å². The molecule has 0 aliphatic carbocycles. The van der Waals surface area contributed by atoms with E-state index in [9.17, 15) is 14.9 Å². The van der Waals surface area contributed by atoms with Crippen molar-refractivity contribution in [3.63, 3.8) is 0 Å². The van der Waals surface area contributed by atoms with E-state index in [1.165, 1.54) is 24.3 Å². The van der Waals surface area contributed by atoms with Gasteiger partial charge in [-0.3, -0.25) is 10.1 Å². The fourth-order valence-electron chi connectivity index (χ4n) is 0.762. The molecule has 0 bridgehead atoms. The molecule has 0 atom stereocenters. The Kier molecular flexibility index (Phi) is 3.01. The van der Waals surface area contributed by atoms with Crippen LogP contribution < -0.4 is 4.74 Å². The minimum absolute atomic E-state index is 0.0830. The zero-order chi connectivity index (χ0) is 10.6. The molecule has 0 aliphatic rings. The van der Waals surface area contributed by atoms with E-state index in [0.29, 0.717) is 0 Å². The molecule has 0 fully saturated rings.